The number of esters is 1. The monoisotopic (exact) mass is 574 g/mol. The maximum Gasteiger partial charge on any atom is 0.407 e. The van der Waals surface area contributed by atoms with Gasteiger partial charge in [-0.1, -0.05) is 24.3 Å². The molecule has 0 bridgehead atoms. The van der Waals surface area contributed by atoms with E-state index in [9.17, 15) is 9.59 Å². The summed E-state index contributed by atoms with van der Waals surface area (Å²) in [7, 11) is 0. The van der Waals surface area contributed by atoms with Crippen molar-refractivity contribution in [3.8, 4) is 0 Å². The van der Waals surface area contributed by atoms with Gasteiger partial charge in [0.05, 0.1) is 18.1 Å². The molecule has 0 spiro atoms. The van der Waals surface area contributed by atoms with Crippen molar-refractivity contribution in [3.05, 3.63) is 87.9 Å². The zero-order chi connectivity index (χ0) is 30.4. The van der Waals surface area contributed by atoms with Crippen LogP contribution in [0.15, 0.2) is 76.7 Å². The van der Waals surface area contributed by atoms with Crippen molar-refractivity contribution in [3.63, 3.8) is 0 Å². The van der Waals surface area contributed by atoms with Crippen molar-refractivity contribution < 1.29 is 28.8 Å². The van der Waals surface area contributed by atoms with Crippen molar-refractivity contribution in [2.45, 2.75) is 66.6 Å². The molecule has 224 valence electrons. The van der Waals surface area contributed by atoms with E-state index in [1.807, 2.05) is 45.0 Å². The molecular formula is C34H44N3O5+. The van der Waals surface area contributed by atoms with E-state index in [4.69, 9.17) is 14.2 Å². The summed E-state index contributed by atoms with van der Waals surface area (Å²) >= 11 is 0. The third-order valence-electron chi connectivity index (χ3n) is 7.14. The van der Waals surface area contributed by atoms with Gasteiger partial charge in [-0.25, -0.2) is 14.6 Å². The molecule has 1 aromatic rings. The van der Waals surface area contributed by atoms with E-state index in [1.54, 1.807) is 0 Å². The average molecular weight is 575 g/mol. The van der Waals surface area contributed by atoms with Crippen LogP contribution >= 0.6 is 0 Å². The summed E-state index contributed by atoms with van der Waals surface area (Å²) in [5, 5.41) is 6.14. The van der Waals surface area contributed by atoms with Gasteiger partial charge in [0.2, 0.25) is 5.71 Å². The Morgan fingerprint density at radius 1 is 1.05 bits per heavy atom. The summed E-state index contributed by atoms with van der Waals surface area (Å²) in [5.41, 5.74) is 7.17. The van der Waals surface area contributed by atoms with Crippen LogP contribution in [0.25, 0.3) is 5.57 Å². The van der Waals surface area contributed by atoms with Crippen molar-refractivity contribution in [2.75, 3.05) is 26.2 Å². The van der Waals surface area contributed by atoms with Crippen molar-refractivity contribution in [1.82, 2.24) is 10.6 Å². The van der Waals surface area contributed by atoms with Crippen LogP contribution in [-0.4, -0.2) is 55.7 Å². The molecule has 4 rings (SSSR count). The number of fused-ring (bicyclic) bond motifs is 2. The molecule has 0 saturated heterocycles. The van der Waals surface area contributed by atoms with Crippen LogP contribution in [0.5, 0.6) is 0 Å². The van der Waals surface area contributed by atoms with Gasteiger partial charge in [-0.3, -0.25) is 0 Å². The normalized spacial score (nSPS) is 20.7. The molecule has 3 N–H and O–H groups in total. The number of benzene rings is 1. The SMILES string of the molecule is CCNC1=CC2OC3=CC(=[NH+]CC)C(C)=CC3C(c3ccccc3C(=O)OCCCNC(=O)OC(C)(C)C)=C2C=C1C. The minimum atomic E-state index is -0.567. The lowest BCUT2D eigenvalue weighted by Gasteiger charge is -2.37. The Morgan fingerprint density at radius 3 is 2.52 bits per heavy atom. The highest BCUT2D eigenvalue weighted by Gasteiger charge is 2.38. The molecule has 0 saturated carbocycles. The molecular weight excluding hydrogens is 530 g/mol. The molecule has 8 nitrogen and oxygen atoms in total. The fraction of sp³-hybridized carbons (Fsp3) is 0.441. The number of hydrogen-bond acceptors (Lipinski definition) is 6. The molecule has 2 unspecified atom stereocenters. The zero-order valence-electron chi connectivity index (χ0n) is 25.9. The molecule has 42 heavy (non-hydrogen) atoms. The minimum absolute atomic E-state index is 0.149. The van der Waals surface area contributed by atoms with Gasteiger partial charge in [0, 0.05) is 36.0 Å². The molecule has 8 heteroatoms. The molecule has 0 radical (unpaired) electrons. The Hall–Kier alpha value is -4.07. The topological polar surface area (TPSA) is 99.9 Å². The van der Waals surface area contributed by atoms with Gasteiger partial charge in [0.15, 0.2) is 0 Å². The molecule has 1 aromatic carbocycles. The maximum atomic E-state index is 13.4. The van der Waals surface area contributed by atoms with Gasteiger partial charge < -0.3 is 24.8 Å². The number of hydrogen-bond donors (Lipinski definition) is 3. The highest BCUT2D eigenvalue weighted by molar-refractivity contribution is 6.07. The first-order chi connectivity index (χ1) is 20.0. The number of likely N-dealkylation sites (N-methyl/N-ethyl adjacent to an activating group) is 1. The summed E-state index contributed by atoms with van der Waals surface area (Å²) < 4.78 is 17.6. The van der Waals surface area contributed by atoms with Gasteiger partial charge in [-0.2, -0.15) is 0 Å². The fourth-order valence-electron chi connectivity index (χ4n) is 5.33. The van der Waals surface area contributed by atoms with Crippen LogP contribution < -0.4 is 15.6 Å². The minimum Gasteiger partial charge on any atom is -0.485 e. The second-order valence-corrected chi connectivity index (χ2v) is 11.6. The first-order valence-electron chi connectivity index (χ1n) is 14.8. The number of carbonyl (C=O) groups is 2. The summed E-state index contributed by atoms with van der Waals surface area (Å²) in [6.45, 7) is 15.9. The molecule has 1 amide bonds. The lowest BCUT2D eigenvalue weighted by Crippen LogP contribution is -2.72. The van der Waals surface area contributed by atoms with E-state index in [0.717, 1.165) is 58.1 Å². The van der Waals surface area contributed by atoms with Crippen LogP contribution in [0.3, 0.4) is 0 Å². The lowest BCUT2D eigenvalue weighted by atomic mass is 9.76. The van der Waals surface area contributed by atoms with Gasteiger partial charge in [-0.05, 0) is 89.8 Å². The van der Waals surface area contributed by atoms with Crippen LogP contribution in [-0.2, 0) is 14.2 Å². The van der Waals surface area contributed by atoms with Gasteiger partial charge in [0.1, 0.15) is 24.0 Å². The van der Waals surface area contributed by atoms with E-state index in [-0.39, 0.29) is 18.6 Å². The maximum absolute atomic E-state index is 13.4. The number of alkyl carbamates (subject to hydrolysis) is 1. The Labute approximate surface area is 249 Å². The number of rotatable bonds is 9. The van der Waals surface area contributed by atoms with Crippen molar-refractivity contribution in [1.29, 1.82) is 0 Å². The number of ether oxygens (including phenoxy) is 3. The van der Waals surface area contributed by atoms with Gasteiger partial charge in [0.25, 0.3) is 0 Å². The molecule has 3 aliphatic rings. The molecule has 2 atom stereocenters. The number of allylic oxidation sites excluding steroid dienone is 4. The number of nitrogens with one attached hydrogen (secondary N) is 3. The van der Waals surface area contributed by atoms with E-state index in [2.05, 4.69) is 67.6 Å². The van der Waals surface area contributed by atoms with Crippen LogP contribution in [0, 0.1) is 5.92 Å². The highest BCUT2D eigenvalue weighted by atomic mass is 16.6. The van der Waals surface area contributed by atoms with Crippen LogP contribution in [0.1, 0.15) is 70.8 Å². The molecule has 0 fully saturated rings. The largest absolute Gasteiger partial charge is 0.485 e. The molecule has 0 aromatic heterocycles. The summed E-state index contributed by atoms with van der Waals surface area (Å²) in [6, 6.07) is 7.61. The number of carbonyl (C=O) groups excluding carboxylic acids is 2. The molecule has 2 aliphatic carbocycles. The second-order valence-electron chi connectivity index (χ2n) is 11.6. The number of amides is 1. The summed E-state index contributed by atoms with van der Waals surface area (Å²) in [6.07, 6.45) is 8.29. The quantitative estimate of drug-likeness (QED) is 0.299. The van der Waals surface area contributed by atoms with E-state index in [0.29, 0.717) is 18.5 Å². The fourth-order valence-corrected chi connectivity index (χ4v) is 5.33. The lowest BCUT2D eigenvalue weighted by molar-refractivity contribution is -0.451. The third-order valence-corrected chi connectivity index (χ3v) is 7.14. The first kappa shape index (κ1) is 30.9. The van der Waals surface area contributed by atoms with Crippen LogP contribution in [0.2, 0.25) is 0 Å². The Kier molecular flexibility index (Phi) is 9.76. The van der Waals surface area contributed by atoms with Crippen molar-refractivity contribution in [2.24, 2.45) is 5.92 Å². The smallest absolute Gasteiger partial charge is 0.407 e. The Balaban J connectivity index is 1.63. The first-order valence-corrected chi connectivity index (χ1v) is 14.8. The van der Waals surface area contributed by atoms with Gasteiger partial charge >= 0.3 is 12.1 Å². The zero-order valence-corrected chi connectivity index (χ0v) is 25.9. The second kappa shape index (κ2) is 13.3. The van der Waals surface area contributed by atoms with E-state index in [1.165, 1.54) is 0 Å². The molecule has 1 heterocycles. The predicted octanol–water partition coefficient (Wildman–Crippen LogP) is 4.37. The van der Waals surface area contributed by atoms with E-state index >= 15 is 0 Å². The van der Waals surface area contributed by atoms with Crippen molar-refractivity contribution >= 4 is 23.3 Å². The average Bonchev–Trinajstić information content (AvgIpc) is 2.92. The van der Waals surface area contributed by atoms with Crippen LogP contribution in [0.4, 0.5) is 4.79 Å². The standard InChI is InChI=1S/C34H43N3O5/c1-8-35-27-19-29-25(17-21(27)3)31(26-18-22(4)28(36-9-2)20-30(26)41-29)23-13-10-11-14-24(23)32(38)40-16-12-15-37-33(39)42-34(5,6)7/h10-11,13-14,17-20,25,30,36H,8-9,12,15-16H2,1-7H3,(H,37,39)/p+1. The Morgan fingerprint density at radius 2 is 1.81 bits per heavy atom. The van der Waals surface area contributed by atoms with Gasteiger partial charge in [-0.15, -0.1) is 0 Å². The Bertz CT molecular complexity index is 1400. The molecule has 1 aliphatic heterocycles. The third kappa shape index (κ3) is 7.22. The highest BCUT2D eigenvalue weighted by Crippen LogP contribution is 2.46. The summed E-state index contributed by atoms with van der Waals surface area (Å²) in [4.78, 5) is 28.8. The summed E-state index contributed by atoms with van der Waals surface area (Å²) in [5.74, 6) is 0.293. The predicted molar refractivity (Wildman–Crippen MR) is 165 cm³/mol. The van der Waals surface area contributed by atoms with E-state index < -0.39 is 17.7 Å².